The highest BCUT2D eigenvalue weighted by Crippen LogP contribution is 2.45. The lowest BCUT2D eigenvalue weighted by Crippen LogP contribution is -2.00. The third kappa shape index (κ3) is 6.53. The van der Waals surface area contributed by atoms with E-state index in [-0.39, 0.29) is 0 Å². The van der Waals surface area contributed by atoms with Crippen LogP contribution in [0.1, 0.15) is 0 Å². The van der Waals surface area contributed by atoms with Crippen LogP contribution in [-0.2, 0) is 0 Å². The van der Waals surface area contributed by atoms with Crippen molar-refractivity contribution < 1.29 is 0 Å². The minimum Gasteiger partial charge on any atom is -0.235 e. The molecule has 0 fully saturated rings. The minimum absolute atomic E-state index is 0.627. The van der Waals surface area contributed by atoms with E-state index in [0.717, 1.165) is 69.0 Å². The molecular weight excluding hydrogens is 723 g/mol. The summed E-state index contributed by atoms with van der Waals surface area (Å²) in [5.74, 6) is 2.58. The van der Waals surface area contributed by atoms with Crippen molar-refractivity contribution in [1.82, 2.24) is 24.9 Å². The number of rotatable bonds is 8. The molecule has 0 bridgehead atoms. The Hall–Kier alpha value is -6.80. The summed E-state index contributed by atoms with van der Waals surface area (Å²) in [6, 6.07) is 62.5. The van der Waals surface area contributed by atoms with Crippen LogP contribution in [0.25, 0.3) is 88.1 Å². The Morgan fingerprint density at radius 2 is 0.911 bits per heavy atom. The fourth-order valence-electron chi connectivity index (χ4n) is 6.99. The van der Waals surface area contributed by atoms with Crippen LogP contribution in [0.4, 0.5) is 0 Å². The van der Waals surface area contributed by atoms with Gasteiger partial charge in [0, 0.05) is 59.1 Å². The van der Waals surface area contributed by atoms with Crippen LogP contribution in [0.3, 0.4) is 0 Å². The Bertz CT molecular complexity index is 2970. The van der Waals surface area contributed by atoms with Gasteiger partial charge in [0.25, 0.3) is 0 Å². The van der Waals surface area contributed by atoms with Crippen molar-refractivity contribution in [3.05, 3.63) is 188 Å². The summed E-state index contributed by atoms with van der Waals surface area (Å²) >= 11 is 3.45. The second kappa shape index (κ2) is 14.8. The number of hydrogen-bond donors (Lipinski definition) is 0. The Morgan fingerprint density at radius 1 is 0.393 bits per heavy atom. The van der Waals surface area contributed by atoms with Crippen LogP contribution < -0.4 is 0 Å². The zero-order valence-electron chi connectivity index (χ0n) is 30.0. The number of benzene rings is 7. The molecular formula is C49H31N5S2. The molecule has 10 rings (SSSR count). The summed E-state index contributed by atoms with van der Waals surface area (Å²) in [6.07, 6.45) is 1.96. The molecule has 3 heterocycles. The summed E-state index contributed by atoms with van der Waals surface area (Å²) in [4.78, 5) is 27.6. The normalized spacial score (nSPS) is 11.3. The molecule has 10 aromatic rings. The number of aromatic nitrogens is 5. The second-order valence-electron chi connectivity index (χ2n) is 13.3. The Labute approximate surface area is 332 Å². The maximum absolute atomic E-state index is 5.27. The molecule has 0 saturated carbocycles. The zero-order chi connectivity index (χ0) is 37.3. The Morgan fingerprint density at radius 3 is 1.59 bits per heavy atom. The summed E-state index contributed by atoms with van der Waals surface area (Å²) in [7, 11) is 0. The van der Waals surface area contributed by atoms with Gasteiger partial charge in [-0.25, -0.2) is 24.9 Å². The van der Waals surface area contributed by atoms with E-state index in [4.69, 9.17) is 24.9 Å². The summed E-state index contributed by atoms with van der Waals surface area (Å²) in [5.41, 5.74) is 8.07. The van der Waals surface area contributed by atoms with Crippen molar-refractivity contribution in [3.63, 3.8) is 0 Å². The topological polar surface area (TPSA) is 64.5 Å². The van der Waals surface area contributed by atoms with E-state index in [9.17, 15) is 0 Å². The van der Waals surface area contributed by atoms with Gasteiger partial charge in [-0.15, -0.1) is 11.3 Å². The first-order valence-electron chi connectivity index (χ1n) is 18.3. The van der Waals surface area contributed by atoms with E-state index in [1.807, 2.05) is 66.9 Å². The van der Waals surface area contributed by atoms with Crippen molar-refractivity contribution in [3.8, 4) is 67.9 Å². The third-order valence-electron chi connectivity index (χ3n) is 9.69. The summed E-state index contributed by atoms with van der Waals surface area (Å²) < 4.78 is 2.30. The molecule has 56 heavy (non-hydrogen) atoms. The standard InChI is InChI=1S/C49H31N5S2/c1-5-15-32(16-6-1)33-27-29-36(30-28-33)48-52-47(35-19-9-3-10-20-35)53-49(54-48)39-24-14-26-41-43(39)38-23-13-25-40(45(38)56-41)44-42(55-37-21-11-4-12-22-37)31-50-46(51-44)34-17-7-2-8-18-34/h1-31H. The molecule has 0 atom stereocenters. The Balaban J connectivity index is 1.14. The average Bonchev–Trinajstić information content (AvgIpc) is 3.67. The van der Waals surface area contributed by atoms with Gasteiger partial charge < -0.3 is 0 Å². The van der Waals surface area contributed by atoms with Crippen LogP contribution in [0.2, 0.25) is 0 Å². The van der Waals surface area contributed by atoms with Crippen LogP contribution in [0.15, 0.2) is 198 Å². The third-order valence-corrected chi connectivity index (χ3v) is 11.9. The van der Waals surface area contributed by atoms with Gasteiger partial charge in [-0.2, -0.15) is 0 Å². The summed E-state index contributed by atoms with van der Waals surface area (Å²) in [5, 5.41) is 2.24. The van der Waals surface area contributed by atoms with Crippen molar-refractivity contribution in [2.24, 2.45) is 0 Å². The highest BCUT2D eigenvalue weighted by atomic mass is 32.2. The van der Waals surface area contributed by atoms with Crippen LogP contribution >= 0.6 is 23.1 Å². The van der Waals surface area contributed by atoms with Crippen LogP contribution in [0.5, 0.6) is 0 Å². The number of hydrogen-bond acceptors (Lipinski definition) is 7. The average molecular weight is 754 g/mol. The van der Waals surface area contributed by atoms with E-state index in [0.29, 0.717) is 23.3 Å². The molecule has 3 aromatic heterocycles. The van der Waals surface area contributed by atoms with Crippen molar-refractivity contribution >= 4 is 43.3 Å². The molecule has 0 saturated heterocycles. The highest BCUT2D eigenvalue weighted by molar-refractivity contribution is 7.99. The molecule has 7 heteroatoms. The van der Waals surface area contributed by atoms with E-state index < -0.39 is 0 Å². The van der Waals surface area contributed by atoms with Gasteiger partial charge in [-0.1, -0.05) is 176 Å². The number of thiophene rings is 1. The lowest BCUT2D eigenvalue weighted by Gasteiger charge is -2.12. The molecule has 0 amide bonds. The van der Waals surface area contributed by atoms with Gasteiger partial charge in [0.2, 0.25) is 0 Å². The predicted octanol–water partition coefficient (Wildman–Crippen LogP) is 13.2. The molecule has 264 valence electrons. The molecule has 0 unspecified atom stereocenters. The first kappa shape index (κ1) is 33.7. The molecule has 5 nitrogen and oxygen atoms in total. The van der Waals surface area contributed by atoms with Crippen molar-refractivity contribution in [2.75, 3.05) is 0 Å². The van der Waals surface area contributed by atoms with E-state index in [2.05, 4.69) is 121 Å². The van der Waals surface area contributed by atoms with Gasteiger partial charge >= 0.3 is 0 Å². The van der Waals surface area contributed by atoms with Gasteiger partial charge in [0.15, 0.2) is 23.3 Å². The lowest BCUT2D eigenvalue weighted by molar-refractivity contribution is 1.08. The molecule has 7 aromatic carbocycles. The maximum atomic E-state index is 5.27. The first-order chi connectivity index (χ1) is 27.7. The van der Waals surface area contributed by atoms with Gasteiger partial charge in [-0.05, 0) is 29.3 Å². The molecule has 0 N–H and O–H groups in total. The van der Waals surface area contributed by atoms with Gasteiger partial charge in [0.05, 0.1) is 10.6 Å². The van der Waals surface area contributed by atoms with Crippen LogP contribution in [0, 0.1) is 0 Å². The second-order valence-corrected chi connectivity index (χ2v) is 15.4. The zero-order valence-corrected chi connectivity index (χ0v) is 31.6. The fraction of sp³-hybridized carbons (Fsp3) is 0. The van der Waals surface area contributed by atoms with E-state index >= 15 is 0 Å². The molecule has 0 aliphatic carbocycles. The number of fused-ring (bicyclic) bond motifs is 3. The number of nitrogens with zero attached hydrogens (tertiary/aromatic N) is 5. The first-order valence-corrected chi connectivity index (χ1v) is 20.0. The van der Waals surface area contributed by atoms with Crippen LogP contribution in [-0.4, -0.2) is 24.9 Å². The minimum atomic E-state index is 0.627. The SMILES string of the molecule is c1ccc(Sc2cnc(-c3ccccc3)nc2-c2cccc3c2sc2cccc(-c4nc(-c5ccccc5)nc(-c5ccc(-c6ccccc6)cc5)n4)c23)cc1. The molecule has 0 aliphatic heterocycles. The molecule has 0 radical (unpaired) electrons. The molecule has 0 aliphatic rings. The quantitative estimate of drug-likeness (QED) is 0.154. The van der Waals surface area contributed by atoms with E-state index in [1.54, 1.807) is 23.1 Å². The van der Waals surface area contributed by atoms with Gasteiger partial charge in [0.1, 0.15) is 0 Å². The Kier molecular flexibility index (Phi) is 8.91. The summed E-state index contributed by atoms with van der Waals surface area (Å²) in [6.45, 7) is 0. The lowest BCUT2D eigenvalue weighted by atomic mass is 10.0. The largest absolute Gasteiger partial charge is 0.235 e. The molecule has 0 spiro atoms. The van der Waals surface area contributed by atoms with Crippen molar-refractivity contribution in [2.45, 2.75) is 9.79 Å². The fourth-order valence-corrected chi connectivity index (χ4v) is 9.13. The van der Waals surface area contributed by atoms with Gasteiger partial charge in [-0.3, -0.25) is 0 Å². The maximum Gasteiger partial charge on any atom is 0.164 e. The van der Waals surface area contributed by atoms with E-state index in [1.165, 1.54) is 5.56 Å². The highest BCUT2D eigenvalue weighted by Gasteiger charge is 2.21. The smallest absolute Gasteiger partial charge is 0.164 e. The monoisotopic (exact) mass is 753 g/mol. The van der Waals surface area contributed by atoms with Crippen molar-refractivity contribution in [1.29, 1.82) is 0 Å². The predicted molar refractivity (Wildman–Crippen MR) is 231 cm³/mol.